The molecule has 2 saturated heterocycles. The van der Waals surface area contributed by atoms with Gasteiger partial charge in [0.1, 0.15) is 70.8 Å². The number of fused-ring (bicyclic) bond motifs is 2. The van der Waals surface area contributed by atoms with Crippen molar-refractivity contribution in [2.24, 2.45) is 11.8 Å². The second-order valence-electron chi connectivity index (χ2n) is 23.7. The van der Waals surface area contributed by atoms with Gasteiger partial charge < -0.3 is 70.9 Å². The summed E-state index contributed by atoms with van der Waals surface area (Å²) in [5.41, 5.74) is 10.3. The molecule has 83 heavy (non-hydrogen) atoms. The number of rotatable bonds is 16. The maximum absolute atomic E-state index is 12.7. The van der Waals surface area contributed by atoms with E-state index in [9.17, 15) is 25.5 Å². The molecule has 2 spiro atoms. The second kappa shape index (κ2) is 27.0. The van der Waals surface area contributed by atoms with Crippen LogP contribution in [0.1, 0.15) is 127 Å². The Morgan fingerprint density at radius 2 is 1.11 bits per heavy atom. The summed E-state index contributed by atoms with van der Waals surface area (Å²) in [6.07, 6.45) is 5.74. The van der Waals surface area contributed by atoms with Gasteiger partial charge in [0, 0.05) is 38.8 Å². The largest absolute Gasteiger partial charge is 0.496 e. The van der Waals surface area contributed by atoms with Gasteiger partial charge in [-0.3, -0.25) is 0 Å². The summed E-state index contributed by atoms with van der Waals surface area (Å²) in [7, 11) is 3.31. The predicted octanol–water partition coefficient (Wildman–Crippen LogP) is 10.6. The summed E-state index contributed by atoms with van der Waals surface area (Å²) in [6.45, 7) is 5.05. The van der Waals surface area contributed by atoms with Crippen LogP contribution in [-0.2, 0) is 84.1 Å². The van der Waals surface area contributed by atoms with Crippen LogP contribution in [0.2, 0.25) is 0 Å². The Labute approximate surface area is 503 Å². The van der Waals surface area contributed by atoms with Gasteiger partial charge in [-0.05, 0) is 169 Å². The molecule has 5 N–H and O–H groups in total. The number of aryl methyl sites for hydroxylation is 2. The van der Waals surface area contributed by atoms with Crippen molar-refractivity contribution in [3.05, 3.63) is 197 Å². The molecule has 4 aliphatic heterocycles. The first-order valence-corrected chi connectivity index (χ1v) is 29.2. The van der Waals surface area contributed by atoms with E-state index in [0.717, 1.165) is 96.4 Å². The van der Waals surface area contributed by atoms with Crippen LogP contribution in [0.5, 0.6) is 23.0 Å². The van der Waals surface area contributed by atoms with E-state index >= 15 is 0 Å². The first-order chi connectivity index (χ1) is 39.3. The fourth-order valence-electron chi connectivity index (χ4n) is 13.0. The first-order valence-electron chi connectivity index (χ1n) is 29.2. The molecule has 12 rings (SSSR count). The summed E-state index contributed by atoms with van der Waals surface area (Å²) >= 11 is 0. The van der Waals surface area contributed by atoms with Crippen molar-refractivity contribution in [1.29, 1.82) is 0 Å². The monoisotopic (exact) mass is 1230 g/mol. The van der Waals surface area contributed by atoms with Crippen LogP contribution < -0.4 is 18.9 Å². The Kier molecular flexibility index (Phi) is 20.3. The van der Waals surface area contributed by atoms with Gasteiger partial charge in [-0.1, -0.05) is 105 Å². The molecule has 2 saturated carbocycles. The van der Waals surface area contributed by atoms with Gasteiger partial charge in [-0.2, -0.15) is 0 Å². The summed E-state index contributed by atoms with van der Waals surface area (Å²) in [6, 6.07) is 44.5. The normalized spacial score (nSPS) is 27.0. The van der Waals surface area contributed by atoms with Gasteiger partial charge in [-0.15, -0.1) is 0 Å². The number of methoxy groups -OCH3 is 2. The minimum absolute atomic E-state index is 0. The van der Waals surface area contributed by atoms with Crippen LogP contribution in [0.4, 0.5) is 0 Å². The zero-order valence-electron chi connectivity index (χ0n) is 48.5. The Morgan fingerprint density at radius 3 is 1.64 bits per heavy atom. The quantitative estimate of drug-likeness (QED) is 0.0458. The summed E-state index contributed by atoms with van der Waals surface area (Å²) in [5, 5.41) is 53.0. The van der Waals surface area contributed by atoms with Gasteiger partial charge in [0.05, 0.1) is 46.8 Å². The Morgan fingerprint density at radius 1 is 0.566 bits per heavy atom. The zero-order valence-corrected chi connectivity index (χ0v) is 50.1. The van der Waals surface area contributed by atoms with Crippen LogP contribution in [0, 0.1) is 19.3 Å². The third-order valence-corrected chi connectivity index (χ3v) is 18.4. The third-order valence-electron chi connectivity index (χ3n) is 18.4. The van der Waals surface area contributed by atoms with E-state index < -0.39 is 49.0 Å². The van der Waals surface area contributed by atoms with Crippen molar-refractivity contribution < 1.29 is 83.9 Å². The fourth-order valence-corrected chi connectivity index (χ4v) is 13.0. The molecule has 10 atom stereocenters. The first kappa shape index (κ1) is 62.4. The van der Waals surface area contributed by atoms with Crippen molar-refractivity contribution in [3.63, 3.8) is 0 Å². The molecule has 448 valence electrons. The average Bonchev–Trinajstić information content (AvgIpc) is 3.59. The smallest absolute Gasteiger partial charge is 0.220 e. The number of ether oxygens (including phenoxy) is 8. The second-order valence-corrected chi connectivity index (χ2v) is 23.7. The molecule has 4 heterocycles. The van der Waals surface area contributed by atoms with E-state index in [4.69, 9.17) is 37.9 Å². The van der Waals surface area contributed by atoms with Crippen molar-refractivity contribution in [3.8, 4) is 23.0 Å². The van der Waals surface area contributed by atoms with E-state index in [2.05, 4.69) is 62.4 Å². The molecule has 0 amide bonds. The average molecular weight is 1230 g/mol. The molecule has 4 fully saturated rings. The molecule has 6 aromatic rings. The van der Waals surface area contributed by atoms with Crippen molar-refractivity contribution in [2.75, 3.05) is 27.4 Å². The molecule has 2 aliphatic carbocycles. The van der Waals surface area contributed by atoms with E-state index in [1.54, 1.807) is 20.3 Å². The maximum atomic E-state index is 12.7. The summed E-state index contributed by atoms with van der Waals surface area (Å²) < 4.78 is 49.4. The van der Waals surface area contributed by atoms with Gasteiger partial charge >= 0.3 is 0 Å². The van der Waals surface area contributed by atoms with Crippen molar-refractivity contribution >= 4 is 0 Å². The van der Waals surface area contributed by atoms with Crippen LogP contribution in [0.15, 0.2) is 133 Å². The third kappa shape index (κ3) is 13.4. The van der Waals surface area contributed by atoms with Crippen LogP contribution in [-0.4, -0.2) is 101 Å². The zero-order chi connectivity index (χ0) is 56.3. The Balaban J connectivity index is 0.000000208. The molecule has 6 aliphatic rings. The standard InChI is InChI=1S/C42H48O6.C26H32O7.CH3.Pd/c1-29-30(2)40(46-27-32-13-8-5-9-14-32)42(43,48-39(29)28-45-26-31-11-6-4-7-12-31)36-16-18-37(44-3)35(25-36)24-33-15-17-38-34(23-33)19-22-41(47-38)20-10-21-41;1-31-19-6-4-17(25-24(30)23(29)22(28)21(14-27)32-25)13-18(19)12-15-3-5-20-16(11-15)7-10-26(33-20)8-2-9-26;;/h4-9,11-18,23,25,29-30,39-40,43H,10,19-22,24,26-28H2,1-3H3;3-6,11,13,21-25,27-30H,2,7-10,12,14H2,1H3;1H3;/q;;-1;/t29-,30-,39+,40+,42?;21-,22-,23+,24-,25?;;/m01../s1. The van der Waals surface area contributed by atoms with E-state index in [1.807, 2.05) is 78.9 Å². The fraction of sp³-hybridized carbons (Fsp3) is 0.464. The number of hydrogen-bond acceptors (Lipinski definition) is 13. The van der Waals surface area contributed by atoms with Gasteiger partial charge in [-0.25, -0.2) is 0 Å². The minimum Gasteiger partial charge on any atom is -0.496 e. The molecular weight excluding hydrogens is 1140 g/mol. The van der Waals surface area contributed by atoms with Crippen LogP contribution in [0.25, 0.3) is 0 Å². The molecule has 13 nitrogen and oxygen atoms in total. The van der Waals surface area contributed by atoms with Gasteiger partial charge in [0.15, 0.2) is 0 Å². The Bertz CT molecular complexity index is 3070. The van der Waals surface area contributed by atoms with Crippen molar-refractivity contribution in [1.82, 2.24) is 0 Å². The Hall–Kier alpha value is -5.18. The number of aliphatic hydroxyl groups excluding tert-OH is 4. The van der Waals surface area contributed by atoms with Gasteiger partial charge in [0.25, 0.3) is 0 Å². The molecule has 14 heteroatoms. The van der Waals surface area contributed by atoms with Crippen molar-refractivity contribution in [2.45, 2.75) is 164 Å². The summed E-state index contributed by atoms with van der Waals surface area (Å²) in [4.78, 5) is 0. The van der Waals surface area contributed by atoms with Crippen LogP contribution >= 0.6 is 0 Å². The van der Waals surface area contributed by atoms with E-state index in [-0.39, 0.29) is 57.0 Å². The SMILES string of the molecule is COc1ccc(C2(O)O[C@H](COCc3ccccc3)[C@@H](C)[C@H](C)[C@H]2OCc2ccccc2)cc1Cc1ccc2c(c1)CCC1(CCC1)O2.COc1ccc(C2O[C@H](CO)[C@@H](O)[C@H](O)[C@H]2O)cc1Cc1ccc2c(c1)CCC1(CCC1)O2.[CH3-].[Pd]. The number of hydrogen-bond donors (Lipinski definition) is 5. The van der Waals surface area contributed by atoms with E-state index in [0.29, 0.717) is 49.5 Å². The molecular formula is C69H83O13Pd-. The summed E-state index contributed by atoms with van der Waals surface area (Å²) in [5.74, 6) is 1.85. The topological polar surface area (TPSA) is 175 Å². The molecule has 0 aromatic heterocycles. The molecule has 0 radical (unpaired) electrons. The minimum atomic E-state index is -1.71. The predicted molar refractivity (Wildman–Crippen MR) is 313 cm³/mol. The molecule has 6 aromatic carbocycles. The van der Waals surface area contributed by atoms with Crippen LogP contribution in [0.3, 0.4) is 0 Å². The van der Waals surface area contributed by atoms with E-state index in [1.165, 1.54) is 29.5 Å². The van der Waals surface area contributed by atoms with Gasteiger partial charge in [0.2, 0.25) is 5.79 Å². The molecule has 2 unspecified atom stereocenters. The molecule has 0 bridgehead atoms. The maximum Gasteiger partial charge on any atom is 0.220 e. The number of aliphatic hydroxyl groups is 5. The number of benzene rings is 6.